The van der Waals surface area contributed by atoms with E-state index < -0.39 is 0 Å². The van der Waals surface area contributed by atoms with Gasteiger partial charge in [0.25, 0.3) is 0 Å². The number of rotatable bonds is 5. The standard InChI is InChI=1S/C20H30O/c1-7-15(2)10-8-11-17(4)19(21)14-18-16(3)12-9-13-20(18,5)6/h7-8,10-11H,9,12-14H2,1-6H3. The first-order chi connectivity index (χ1) is 9.77. The van der Waals surface area contributed by atoms with Crippen LogP contribution in [0, 0.1) is 5.41 Å². The van der Waals surface area contributed by atoms with Crippen molar-refractivity contribution < 1.29 is 4.79 Å². The maximum absolute atomic E-state index is 12.4. The highest BCUT2D eigenvalue weighted by Gasteiger charge is 2.29. The monoisotopic (exact) mass is 286 g/mol. The van der Waals surface area contributed by atoms with Crippen molar-refractivity contribution in [3.63, 3.8) is 0 Å². The molecule has 21 heavy (non-hydrogen) atoms. The largest absolute Gasteiger partial charge is 0.294 e. The molecule has 0 bridgehead atoms. The minimum absolute atomic E-state index is 0.176. The van der Waals surface area contributed by atoms with Gasteiger partial charge in [-0.3, -0.25) is 4.79 Å². The number of hydrogen-bond acceptors (Lipinski definition) is 1. The molecule has 1 heteroatoms. The average molecular weight is 286 g/mol. The second-order valence-corrected chi connectivity index (χ2v) is 6.84. The summed E-state index contributed by atoms with van der Waals surface area (Å²) >= 11 is 0. The Bertz CT molecular complexity index is 510. The summed E-state index contributed by atoms with van der Waals surface area (Å²) in [6, 6.07) is 0. The third-order valence-corrected chi connectivity index (χ3v) is 4.62. The van der Waals surface area contributed by atoms with Crippen LogP contribution >= 0.6 is 0 Å². The minimum atomic E-state index is 0.176. The SMILES string of the molecule is CC=C(C)C=CC=C(C)C(=O)CC1=C(C)CCCC1(C)C. The Labute approximate surface area is 130 Å². The molecule has 0 saturated heterocycles. The van der Waals surface area contributed by atoms with Gasteiger partial charge in [-0.1, -0.05) is 54.9 Å². The summed E-state index contributed by atoms with van der Waals surface area (Å²) < 4.78 is 0. The number of ketones is 1. The predicted molar refractivity (Wildman–Crippen MR) is 92.3 cm³/mol. The number of allylic oxidation sites excluding steroid dienone is 8. The van der Waals surface area contributed by atoms with E-state index in [2.05, 4.69) is 33.8 Å². The van der Waals surface area contributed by atoms with Crippen molar-refractivity contribution in [2.75, 3.05) is 0 Å². The minimum Gasteiger partial charge on any atom is -0.294 e. The van der Waals surface area contributed by atoms with Crippen molar-refractivity contribution >= 4 is 5.78 Å². The Hall–Kier alpha value is -1.37. The van der Waals surface area contributed by atoms with Crippen LogP contribution in [0.3, 0.4) is 0 Å². The summed E-state index contributed by atoms with van der Waals surface area (Å²) in [5, 5.41) is 0. The Morgan fingerprint density at radius 3 is 2.52 bits per heavy atom. The fourth-order valence-corrected chi connectivity index (χ4v) is 2.90. The summed E-state index contributed by atoms with van der Waals surface area (Å²) in [6.45, 7) is 12.7. The molecule has 0 unspecified atom stereocenters. The molecule has 116 valence electrons. The zero-order chi connectivity index (χ0) is 16.0. The van der Waals surface area contributed by atoms with Gasteiger partial charge in [-0.15, -0.1) is 0 Å². The van der Waals surface area contributed by atoms with Crippen molar-refractivity contribution in [3.8, 4) is 0 Å². The molecule has 1 aliphatic rings. The van der Waals surface area contributed by atoms with E-state index in [1.807, 2.05) is 32.1 Å². The van der Waals surface area contributed by atoms with E-state index >= 15 is 0 Å². The highest BCUT2D eigenvalue weighted by Crippen LogP contribution is 2.42. The molecule has 0 aromatic rings. The third kappa shape index (κ3) is 5.15. The van der Waals surface area contributed by atoms with Crippen molar-refractivity contribution in [3.05, 3.63) is 46.6 Å². The first-order valence-corrected chi connectivity index (χ1v) is 7.98. The quantitative estimate of drug-likeness (QED) is 0.347. The van der Waals surface area contributed by atoms with E-state index in [1.165, 1.54) is 29.6 Å². The smallest absolute Gasteiger partial charge is 0.162 e. The lowest BCUT2D eigenvalue weighted by Gasteiger charge is -2.34. The van der Waals surface area contributed by atoms with Crippen LogP contribution in [0.2, 0.25) is 0 Å². The molecule has 1 rings (SSSR count). The molecule has 0 N–H and O–H groups in total. The molecular formula is C20H30O. The number of hydrogen-bond donors (Lipinski definition) is 0. The van der Waals surface area contributed by atoms with E-state index in [0.717, 1.165) is 12.0 Å². The molecule has 0 spiro atoms. The number of carbonyl (C=O) groups is 1. The van der Waals surface area contributed by atoms with Gasteiger partial charge in [-0.25, -0.2) is 0 Å². The Balaban J connectivity index is 2.81. The molecule has 0 atom stereocenters. The molecule has 0 radical (unpaired) electrons. The Kier molecular flexibility index (Phi) is 6.39. The number of carbonyl (C=O) groups excluding carboxylic acids is 1. The summed E-state index contributed by atoms with van der Waals surface area (Å²) in [4.78, 5) is 12.4. The van der Waals surface area contributed by atoms with Crippen LogP contribution in [0.25, 0.3) is 0 Å². The molecule has 0 aromatic heterocycles. The van der Waals surface area contributed by atoms with Crippen LogP contribution in [-0.2, 0) is 4.79 Å². The van der Waals surface area contributed by atoms with E-state index in [-0.39, 0.29) is 11.2 Å². The fraction of sp³-hybridized carbons (Fsp3) is 0.550. The molecule has 0 aliphatic heterocycles. The first kappa shape index (κ1) is 17.7. The van der Waals surface area contributed by atoms with Crippen LogP contribution in [0.1, 0.15) is 67.2 Å². The van der Waals surface area contributed by atoms with Crippen molar-refractivity contribution in [2.45, 2.75) is 67.2 Å². The van der Waals surface area contributed by atoms with Gasteiger partial charge >= 0.3 is 0 Å². The van der Waals surface area contributed by atoms with Crippen molar-refractivity contribution in [2.24, 2.45) is 5.41 Å². The second kappa shape index (κ2) is 7.59. The van der Waals surface area contributed by atoms with Crippen LogP contribution in [0.15, 0.2) is 46.6 Å². The van der Waals surface area contributed by atoms with E-state index in [9.17, 15) is 4.79 Å². The Morgan fingerprint density at radius 1 is 1.29 bits per heavy atom. The summed E-state index contributed by atoms with van der Waals surface area (Å²) in [6.07, 6.45) is 12.2. The van der Waals surface area contributed by atoms with E-state index in [0.29, 0.717) is 6.42 Å². The van der Waals surface area contributed by atoms with Crippen LogP contribution in [0.4, 0.5) is 0 Å². The van der Waals surface area contributed by atoms with Gasteiger partial charge in [-0.2, -0.15) is 0 Å². The topological polar surface area (TPSA) is 17.1 Å². The molecule has 0 heterocycles. The molecule has 0 amide bonds. The van der Waals surface area contributed by atoms with Gasteiger partial charge in [0.05, 0.1) is 0 Å². The van der Waals surface area contributed by atoms with Crippen LogP contribution < -0.4 is 0 Å². The Morgan fingerprint density at radius 2 is 1.95 bits per heavy atom. The highest BCUT2D eigenvalue weighted by atomic mass is 16.1. The van der Waals surface area contributed by atoms with Crippen LogP contribution in [0.5, 0.6) is 0 Å². The summed E-state index contributed by atoms with van der Waals surface area (Å²) in [5.41, 5.74) is 5.01. The number of Topliss-reactive ketones (excluding diaryl/α,β-unsaturated/α-hetero) is 1. The average Bonchev–Trinajstić information content (AvgIpc) is 2.42. The van der Waals surface area contributed by atoms with E-state index in [4.69, 9.17) is 0 Å². The molecule has 1 aliphatic carbocycles. The van der Waals surface area contributed by atoms with Gasteiger partial charge in [0, 0.05) is 6.42 Å². The van der Waals surface area contributed by atoms with E-state index in [1.54, 1.807) is 0 Å². The van der Waals surface area contributed by atoms with Gasteiger partial charge < -0.3 is 0 Å². The first-order valence-electron chi connectivity index (χ1n) is 7.98. The molecular weight excluding hydrogens is 256 g/mol. The lowest BCUT2D eigenvalue weighted by molar-refractivity contribution is -0.115. The maximum atomic E-state index is 12.4. The van der Waals surface area contributed by atoms with Gasteiger partial charge in [-0.05, 0) is 57.9 Å². The molecule has 0 fully saturated rings. The fourth-order valence-electron chi connectivity index (χ4n) is 2.90. The maximum Gasteiger partial charge on any atom is 0.162 e. The van der Waals surface area contributed by atoms with Gasteiger partial charge in [0.15, 0.2) is 5.78 Å². The summed E-state index contributed by atoms with van der Waals surface area (Å²) in [5.74, 6) is 0.252. The zero-order valence-electron chi connectivity index (χ0n) is 14.5. The lowest BCUT2D eigenvalue weighted by atomic mass is 9.71. The van der Waals surface area contributed by atoms with Gasteiger partial charge in [0.2, 0.25) is 0 Å². The van der Waals surface area contributed by atoms with Crippen molar-refractivity contribution in [1.82, 2.24) is 0 Å². The molecule has 0 saturated carbocycles. The normalized spacial score (nSPS) is 20.3. The third-order valence-electron chi connectivity index (χ3n) is 4.62. The zero-order valence-corrected chi connectivity index (χ0v) is 14.5. The van der Waals surface area contributed by atoms with Crippen molar-refractivity contribution in [1.29, 1.82) is 0 Å². The predicted octanol–water partition coefficient (Wildman–Crippen LogP) is 5.94. The molecule has 1 nitrogen and oxygen atoms in total. The summed E-state index contributed by atoms with van der Waals surface area (Å²) in [7, 11) is 0. The van der Waals surface area contributed by atoms with Gasteiger partial charge in [0.1, 0.15) is 0 Å². The highest BCUT2D eigenvalue weighted by molar-refractivity contribution is 5.96. The second-order valence-electron chi connectivity index (χ2n) is 6.84. The van der Waals surface area contributed by atoms with Crippen LogP contribution in [-0.4, -0.2) is 5.78 Å². The molecule has 0 aromatic carbocycles. The lowest BCUT2D eigenvalue weighted by Crippen LogP contribution is -2.22.